The monoisotopic (exact) mass is 732 g/mol. The Morgan fingerprint density at radius 2 is 1.11 bits per heavy atom. The van der Waals surface area contributed by atoms with E-state index in [2.05, 4.69) is 18.2 Å². The molecule has 1 aromatic rings. The quantitative estimate of drug-likeness (QED) is 0.122. The average Bonchev–Trinajstić information content (AvgIpc) is 3.15. The van der Waals surface area contributed by atoms with Crippen molar-refractivity contribution in [3.05, 3.63) is 29.3 Å². The molecule has 0 spiro atoms. The number of benzene rings is 1. The van der Waals surface area contributed by atoms with E-state index in [9.17, 15) is 0 Å². The number of hydrogen-bond donors (Lipinski definition) is 7. The van der Waals surface area contributed by atoms with Crippen LogP contribution in [0.5, 0.6) is 0 Å². The lowest BCUT2D eigenvalue weighted by molar-refractivity contribution is 0.0722. The summed E-state index contributed by atoms with van der Waals surface area (Å²) in [4.78, 5) is 0. The zero-order valence-electron chi connectivity index (χ0n) is 33.5. The van der Waals surface area contributed by atoms with Crippen molar-refractivity contribution in [3.63, 3.8) is 0 Å². The molecule has 6 aliphatic carbocycles. The molecule has 0 bridgehead atoms. The molecular formula is C46H81N7. The Kier molecular flexibility index (Phi) is 13.9. The van der Waals surface area contributed by atoms with Crippen molar-refractivity contribution in [3.8, 4) is 0 Å². The van der Waals surface area contributed by atoms with Crippen LogP contribution in [0.25, 0.3) is 0 Å². The molecule has 1 aromatic carbocycles. The molecule has 6 aliphatic rings. The topological polar surface area (TPSA) is 182 Å². The first kappa shape index (κ1) is 40.0. The van der Waals surface area contributed by atoms with E-state index in [0.717, 1.165) is 56.6 Å². The second-order valence-electron chi connectivity index (χ2n) is 20.3. The molecule has 0 saturated heterocycles. The second-order valence-corrected chi connectivity index (χ2v) is 20.3. The van der Waals surface area contributed by atoms with E-state index < -0.39 is 0 Å². The normalized spacial score (nSPS) is 43.6. The summed E-state index contributed by atoms with van der Waals surface area (Å²) in [7, 11) is 0. The Balaban J connectivity index is 1.10. The zero-order valence-corrected chi connectivity index (χ0v) is 33.5. The van der Waals surface area contributed by atoms with Crippen molar-refractivity contribution in [1.29, 1.82) is 0 Å². The first-order valence-corrected chi connectivity index (χ1v) is 23.0. The predicted octanol–water partition coefficient (Wildman–Crippen LogP) is 7.46. The molecule has 14 unspecified atom stereocenters. The molecule has 0 aliphatic heterocycles. The third-order valence-electron chi connectivity index (χ3n) is 16.8. The molecule has 7 nitrogen and oxygen atoms in total. The fourth-order valence-corrected chi connectivity index (χ4v) is 13.6. The largest absolute Gasteiger partial charge is 0.399 e. The van der Waals surface area contributed by atoms with E-state index in [1.807, 2.05) is 0 Å². The number of anilines is 1. The van der Waals surface area contributed by atoms with Gasteiger partial charge in [0.25, 0.3) is 0 Å². The van der Waals surface area contributed by atoms with Gasteiger partial charge < -0.3 is 40.1 Å². The number of nitrogen functional groups attached to an aromatic ring is 1. The Hall–Kier alpha value is -1.22. The first-order valence-electron chi connectivity index (χ1n) is 23.0. The summed E-state index contributed by atoms with van der Waals surface area (Å²) in [5.41, 5.74) is 51.5. The lowest BCUT2D eigenvalue weighted by Gasteiger charge is -2.46. The third-order valence-corrected chi connectivity index (χ3v) is 16.8. The van der Waals surface area contributed by atoms with Gasteiger partial charge in [0.2, 0.25) is 0 Å². The van der Waals surface area contributed by atoms with Crippen LogP contribution in [0.15, 0.2) is 18.2 Å². The number of hydrogen-bond acceptors (Lipinski definition) is 7. The Morgan fingerprint density at radius 3 is 1.83 bits per heavy atom. The van der Waals surface area contributed by atoms with E-state index in [-0.39, 0.29) is 12.1 Å². The van der Waals surface area contributed by atoms with E-state index in [0.29, 0.717) is 77.4 Å². The molecule has 0 heterocycles. The van der Waals surface area contributed by atoms with Crippen molar-refractivity contribution in [1.82, 2.24) is 0 Å². The Labute approximate surface area is 323 Å². The smallest absolute Gasteiger partial charge is 0.0346 e. The van der Waals surface area contributed by atoms with E-state index >= 15 is 0 Å². The molecule has 0 amide bonds. The van der Waals surface area contributed by atoms with E-state index in [4.69, 9.17) is 40.1 Å². The molecule has 0 radical (unpaired) electrons. The SMILES string of the molecule is Nc1ccc(C(C2CCC(N)CC2)C2CCC(N)C(CC3CCCCC3N)C2)cc1CC1CCC(N)CC1C1CC(CC2CCCCC2N)CCC1N. The summed E-state index contributed by atoms with van der Waals surface area (Å²) in [6.45, 7) is 0. The van der Waals surface area contributed by atoms with Gasteiger partial charge in [-0.2, -0.15) is 0 Å². The van der Waals surface area contributed by atoms with Crippen LogP contribution in [0, 0.1) is 53.3 Å². The van der Waals surface area contributed by atoms with Gasteiger partial charge in [0.1, 0.15) is 0 Å². The van der Waals surface area contributed by atoms with Crippen molar-refractivity contribution < 1.29 is 0 Å². The van der Waals surface area contributed by atoms with Gasteiger partial charge in [0.15, 0.2) is 0 Å². The van der Waals surface area contributed by atoms with Gasteiger partial charge in [0, 0.05) is 41.9 Å². The van der Waals surface area contributed by atoms with Gasteiger partial charge >= 0.3 is 0 Å². The average molecular weight is 732 g/mol. The molecule has 14 N–H and O–H groups in total. The van der Waals surface area contributed by atoms with Crippen LogP contribution in [0.3, 0.4) is 0 Å². The summed E-state index contributed by atoms with van der Waals surface area (Å²) >= 11 is 0. The standard InChI is InChI=1S/C46H81N7/c47-37-15-10-29(11-16-37)46(34-14-20-44(52)36(26-34)24-32-6-2-4-8-42(32)50)33-13-19-43(51)35(25-33)23-30-12-17-38(48)27-39(30)40-22-28(9-18-45(40)53)21-31-5-1-3-7-41(31)49/h13,19,25,28-32,34,36-42,44-46H,1-12,14-18,20-24,26-27,47-53H2. The van der Waals surface area contributed by atoms with Gasteiger partial charge in [-0.15, -0.1) is 0 Å². The maximum absolute atomic E-state index is 7.07. The lowest BCUT2D eigenvalue weighted by Crippen LogP contribution is -2.47. The molecule has 7 heteroatoms. The van der Waals surface area contributed by atoms with Crippen molar-refractivity contribution >= 4 is 5.69 Å². The van der Waals surface area contributed by atoms with Crippen LogP contribution in [0.2, 0.25) is 0 Å². The highest BCUT2D eigenvalue weighted by atomic mass is 14.7. The van der Waals surface area contributed by atoms with Crippen molar-refractivity contribution in [2.24, 2.45) is 87.7 Å². The van der Waals surface area contributed by atoms with Gasteiger partial charge in [-0.3, -0.25) is 0 Å². The molecule has 14 atom stereocenters. The van der Waals surface area contributed by atoms with Crippen LogP contribution in [0.1, 0.15) is 165 Å². The minimum Gasteiger partial charge on any atom is -0.399 e. The van der Waals surface area contributed by atoms with Crippen LogP contribution in [0.4, 0.5) is 5.69 Å². The van der Waals surface area contributed by atoms with Crippen LogP contribution in [-0.2, 0) is 6.42 Å². The Morgan fingerprint density at radius 1 is 0.491 bits per heavy atom. The minimum atomic E-state index is 0.281. The van der Waals surface area contributed by atoms with Crippen LogP contribution in [-0.4, -0.2) is 36.3 Å². The third kappa shape index (κ3) is 9.85. The van der Waals surface area contributed by atoms with Crippen molar-refractivity contribution in [2.75, 3.05) is 5.73 Å². The molecule has 6 fully saturated rings. The van der Waals surface area contributed by atoms with Crippen LogP contribution < -0.4 is 40.1 Å². The summed E-state index contributed by atoms with van der Waals surface area (Å²) < 4.78 is 0. The van der Waals surface area contributed by atoms with Gasteiger partial charge in [0.05, 0.1) is 0 Å². The molecule has 300 valence electrons. The maximum atomic E-state index is 7.07. The molecule has 0 aromatic heterocycles. The number of nitrogens with two attached hydrogens (primary N) is 7. The summed E-state index contributed by atoms with van der Waals surface area (Å²) in [6.07, 6.45) is 29.3. The molecule has 6 saturated carbocycles. The highest BCUT2D eigenvalue weighted by Gasteiger charge is 2.43. The molecular weight excluding hydrogens is 651 g/mol. The maximum Gasteiger partial charge on any atom is 0.0346 e. The summed E-state index contributed by atoms with van der Waals surface area (Å²) in [6, 6.07) is 9.23. The summed E-state index contributed by atoms with van der Waals surface area (Å²) in [5, 5.41) is 0. The van der Waals surface area contributed by atoms with E-state index in [1.165, 1.54) is 120 Å². The predicted molar refractivity (Wildman–Crippen MR) is 223 cm³/mol. The lowest BCUT2D eigenvalue weighted by atomic mass is 9.61. The fourth-order valence-electron chi connectivity index (χ4n) is 13.6. The van der Waals surface area contributed by atoms with Gasteiger partial charge in [-0.25, -0.2) is 0 Å². The van der Waals surface area contributed by atoms with E-state index in [1.54, 1.807) is 0 Å². The number of rotatable bonds is 10. The zero-order chi connectivity index (χ0) is 37.1. The highest BCUT2D eigenvalue weighted by molar-refractivity contribution is 5.50. The Bertz CT molecular complexity index is 1280. The minimum absolute atomic E-state index is 0.281. The van der Waals surface area contributed by atoms with Gasteiger partial charge in [-0.1, -0.05) is 37.8 Å². The summed E-state index contributed by atoms with van der Waals surface area (Å²) in [5.74, 6) is 6.26. The fraction of sp³-hybridized carbons (Fsp3) is 0.870. The molecule has 7 rings (SSSR count). The van der Waals surface area contributed by atoms with Crippen molar-refractivity contribution in [2.45, 2.75) is 196 Å². The highest BCUT2D eigenvalue weighted by Crippen LogP contribution is 2.50. The first-order chi connectivity index (χ1) is 25.6. The van der Waals surface area contributed by atoms with Crippen LogP contribution >= 0.6 is 0 Å². The molecule has 53 heavy (non-hydrogen) atoms. The van der Waals surface area contributed by atoms with Gasteiger partial charge in [-0.05, 0) is 205 Å². The second kappa shape index (κ2) is 18.4.